The van der Waals surface area contributed by atoms with Gasteiger partial charge in [-0.1, -0.05) is 23.7 Å². The van der Waals surface area contributed by atoms with Gasteiger partial charge >= 0.3 is 0 Å². The Morgan fingerprint density at radius 1 is 1.22 bits per heavy atom. The molecule has 2 aromatic carbocycles. The van der Waals surface area contributed by atoms with E-state index < -0.39 is 16.9 Å². The van der Waals surface area contributed by atoms with E-state index in [-0.39, 0.29) is 16.4 Å². The minimum Gasteiger partial charge on any atom is -0.489 e. The number of ether oxygens (including phenoxy) is 2. The molecular weight excluding hydrogens is 374 g/mol. The number of benzene rings is 2. The molecule has 27 heavy (non-hydrogen) atoms. The lowest BCUT2D eigenvalue weighted by atomic mass is 10.2. The Kier molecular flexibility index (Phi) is 7.39. The van der Waals surface area contributed by atoms with Gasteiger partial charge in [0.05, 0.1) is 27.9 Å². The van der Waals surface area contributed by atoms with E-state index in [2.05, 4.69) is 10.6 Å². The molecular formula is C18H20ClN3O5. The molecule has 1 unspecified atom stereocenters. The maximum Gasteiger partial charge on any atom is 0.271 e. The van der Waals surface area contributed by atoms with Crippen molar-refractivity contribution in [2.75, 3.05) is 31.0 Å². The molecule has 0 saturated heterocycles. The number of carbonyl (C=O) groups is 1. The number of halogens is 1. The normalized spacial score (nSPS) is 11.5. The fourth-order valence-electron chi connectivity index (χ4n) is 2.21. The number of hydrogen-bond acceptors (Lipinski definition) is 6. The highest BCUT2D eigenvalue weighted by Gasteiger charge is 2.18. The zero-order valence-electron chi connectivity index (χ0n) is 14.9. The first-order chi connectivity index (χ1) is 12.9. The fourth-order valence-corrected chi connectivity index (χ4v) is 2.37. The first-order valence-electron chi connectivity index (χ1n) is 8.14. The van der Waals surface area contributed by atoms with Crippen LogP contribution >= 0.6 is 11.6 Å². The van der Waals surface area contributed by atoms with Crippen molar-refractivity contribution in [3.8, 4) is 5.75 Å². The van der Waals surface area contributed by atoms with Gasteiger partial charge in [0.15, 0.2) is 0 Å². The van der Waals surface area contributed by atoms with E-state index in [9.17, 15) is 14.9 Å². The largest absolute Gasteiger partial charge is 0.489 e. The number of nitro benzene ring substituents is 1. The molecule has 0 radical (unpaired) electrons. The lowest BCUT2D eigenvalue weighted by Crippen LogP contribution is -2.32. The van der Waals surface area contributed by atoms with Crippen LogP contribution in [0.15, 0.2) is 42.5 Å². The van der Waals surface area contributed by atoms with Gasteiger partial charge in [-0.2, -0.15) is 0 Å². The van der Waals surface area contributed by atoms with E-state index in [4.69, 9.17) is 21.1 Å². The van der Waals surface area contributed by atoms with Gasteiger partial charge in [-0.15, -0.1) is 0 Å². The second-order valence-electron chi connectivity index (χ2n) is 5.61. The smallest absolute Gasteiger partial charge is 0.271 e. The van der Waals surface area contributed by atoms with Crippen molar-refractivity contribution < 1.29 is 19.2 Å². The summed E-state index contributed by atoms with van der Waals surface area (Å²) in [4.78, 5) is 22.8. The van der Waals surface area contributed by atoms with E-state index in [1.54, 1.807) is 26.2 Å². The molecule has 2 N–H and O–H groups in total. The van der Waals surface area contributed by atoms with Crippen LogP contribution in [0.4, 0.5) is 17.1 Å². The zero-order valence-corrected chi connectivity index (χ0v) is 15.7. The number of amides is 1. The minimum absolute atomic E-state index is 0.160. The van der Waals surface area contributed by atoms with E-state index >= 15 is 0 Å². The van der Waals surface area contributed by atoms with E-state index in [1.807, 2.05) is 12.1 Å². The Morgan fingerprint density at radius 3 is 2.67 bits per heavy atom. The van der Waals surface area contributed by atoms with E-state index in [0.717, 1.165) is 0 Å². The van der Waals surface area contributed by atoms with Crippen LogP contribution < -0.4 is 15.4 Å². The van der Waals surface area contributed by atoms with Gasteiger partial charge in [0.2, 0.25) is 5.91 Å². The standard InChI is InChI=1S/C18H20ClN3O5/c1-12(20-15-5-3-4-6-17(15)27-10-9-26-2)18(23)21-16-11-13(22(24)25)7-8-14(16)19/h3-8,11-12,20H,9-10H2,1-2H3,(H,21,23). The van der Waals surface area contributed by atoms with Gasteiger partial charge in [0, 0.05) is 19.2 Å². The number of rotatable bonds is 9. The third kappa shape index (κ3) is 5.83. The molecule has 2 rings (SSSR count). The van der Waals surface area contributed by atoms with Crippen LogP contribution in [-0.2, 0) is 9.53 Å². The van der Waals surface area contributed by atoms with Gasteiger partial charge in [-0.05, 0) is 25.1 Å². The number of carbonyl (C=O) groups excluding carboxylic acids is 1. The molecule has 0 bridgehead atoms. The second-order valence-corrected chi connectivity index (χ2v) is 6.02. The van der Waals surface area contributed by atoms with Crippen molar-refractivity contribution >= 4 is 34.6 Å². The van der Waals surface area contributed by atoms with Gasteiger partial charge in [-0.25, -0.2) is 0 Å². The highest BCUT2D eigenvalue weighted by molar-refractivity contribution is 6.33. The molecule has 0 aliphatic carbocycles. The number of methoxy groups -OCH3 is 1. The molecule has 8 nitrogen and oxygen atoms in total. The van der Waals surface area contributed by atoms with Crippen LogP contribution in [-0.4, -0.2) is 37.2 Å². The number of non-ortho nitro benzene ring substituents is 1. The Balaban J connectivity index is 2.06. The summed E-state index contributed by atoms with van der Waals surface area (Å²) < 4.78 is 10.6. The molecule has 1 atom stereocenters. The zero-order chi connectivity index (χ0) is 19.8. The van der Waals surface area contributed by atoms with Crippen LogP contribution in [0, 0.1) is 10.1 Å². The predicted molar refractivity (Wildman–Crippen MR) is 104 cm³/mol. The summed E-state index contributed by atoms with van der Waals surface area (Å²) in [7, 11) is 1.58. The summed E-state index contributed by atoms with van der Waals surface area (Å²) >= 11 is 6.02. The highest BCUT2D eigenvalue weighted by Crippen LogP contribution is 2.28. The monoisotopic (exact) mass is 393 g/mol. The molecule has 1 amide bonds. The number of anilines is 2. The van der Waals surface area contributed by atoms with Crippen molar-refractivity contribution in [2.24, 2.45) is 0 Å². The van der Waals surface area contributed by atoms with Crippen LogP contribution in [0.2, 0.25) is 5.02 Å². The van der Waals surface area contributed by atoms with Crippen LogP contribution in [0.5, 0.6) is 5.75 Å². The van der Waals surface area contributed by atoms with Gasteiger partial charge in [0.1, 0.15) is 18.4 Å². The number of nitrogens with one attached hydrogen (secondary N) is 2. The van der Waals surface area contributed by atoms with Crippen molar-refractivity contribution in [3.05, 3.63) is 57.6 Å². The summed E-state index contributed by atoms with van der Waals surface area (Å²) in [6.07, 6.45) is 0. The molecule has 0 fully saturated rings. The number of nitrogens with zero attached hydrogens (tertiary/aromatic N) is 1. The summed E-state index contributed by atoms with van der Waals surface area (Å²) in [6, 6.07) is 10.4. The first-order valence-corrected chi connectivity index (χ1v) is 8.52. The Hall–Kier alpha value is -2.84. The van der Waals surface area contributed by atoms with Crippen LogP contribution in [0.25, 0.3) is 0 Å². The van der Waals surface area contributed by atoms with Crippen molar-refractivity contribution in [1.82, 2.24) is 0 Å². The third-order valence-electron chi connectivity index (χ3n) is 3.62. The van der Waals surface area contributed by atoms with Crippen LogP contribution in [0.3, 0.4) is 0 Å². The molecule has 0 aliphatic heterocycles. The first kappa shape index (κ1) is 20.5. The topological polar surface area (TPSA) is 103 Å². The molecule has 0 saturated carbocycles. The Bertz CT molecular complexity index is 815. The number of para-hydroxylation sites is 2. The quantitative estimate of drug-likeness (QED) is 0.382. The molecule has 0 heterocycles. The van der Waals surface area contributed by atoms with E-state index in [0.29, 0.717) is 24.7 Å². The van der Waals surface area contributed by atoms with Crippen molar-refractivity contribution in [1.29, 1.82) is 0 Å². The molecule has 144 valence electrons. The molecule has 0 aromatic heterocycles. The van der Waals surface area contributed by atoms with Gasteiger partial charge < -0.3 is 20.1 Å². The van der Waals surface area contributed by atoms with Crippen molar-refractivity contribution in [2.45, 2.75) is 13.0 Å². The molecule has 0 aliphatic rings. The Morgan fingerprint density at radius 2 is 1.96 bits per heavy atom. The van der Waals surface area contributed by atoms with Gasteiger partial charge in [0.25, 0.3) is 5.69 Å². The predicted octanol–water partition coefficient (Wildman–Crippen LogP) is 3.71. The average molecular weight is 394 g/mol. The average Bonchev–Trinajstić information content (AvgIpc) is 2.64. The summed E-state index contributed by atoms with van der Waals surface area (Å²) in [6.45, 7) is 2.47. The third-order valence-corrected chi connectivity index (χ3v) is 3.95. The fraction of sp³-hybridized carbons (Fsp3) is 0.278. The summed E-state index contributed by atoms with van der Waals surface area (Å²) in [5.74, 6) is 0.187. The lowest BCUT2D eigenvalue weighted by molar-refractivity contribution is -0.384. The number of nitro groups is 1. The molecule has 2 aromatic rings. The second kappa shape index (κ2) is 9.75. The summed E-state index contributed by atoms with van der Waals surface area (Å²) in [5, 5.41) is 16.8. The highest BCUT2D eigenvalue weighted by atomic mass is 35.5. The maximum atomic E-state index is 12.5. The molecule has 0 spiro atoms. The minimum atomic E-state index is -0.646. The lowest BCUT2D eigenvalue weighted by Gasteiger charge is -2.18. The molecule has 9 heteroatoms. The van der Waals surface area contributed by atoms with E-state index in [1.165, 1.54) is 18.2 Å². The maximum absolute atomic E-state index is 12.5. The SMILES string of the molecule is COCCOc1ccccc1NC(C)C(=O)Nc1cc([N+](=O)[O-])ccc1Cl. The summed E-state index contributed by atoms with van der Waals surface area (Å²) in [5.41, 5.74) is 0.655. The van der Waals surface area contributed by atoms with Crippen LogP contribution in [0.1, 0.15) is 6.92 Å². The number of hydrogen-bond donors (Lipinski definition) is 2. The van der Waals surface area contributed by atoms with Gasteiger partial charge in [-0.3, -0.25) is 14.9 Å². The van der Waals surface area contributed by atoms with Crippen molar-refractivity contribution in [3.63, 3.8) is 0 Å². The Labute approximate surface area is 161 Å².